The van der Waals surface area contributed by atoms with Crippen LogP contribution in [0.15, 0.2) is 5.16 Å². The van der Waals surface area contributed by atoms with Crippen LogP contribution in [0, 0.1) is 37.5 Å². The van der Waals surface area contributed by atoms with E-state index in [1.807, 2.05) is 20.1 Å². The Morgan fingerprint density at radius 1 is 1.17 bits per heavy atom. The van der Waals surface area contributed by atoms with Gasteiger partial charge in [-0.2, -0.15) is 0 Å². The molecule has 1 amide bonds. The summed E-state index contributed by atoms with van der Waals surface area (Å²) in [6.45, 7) is 4.04. The number of aromatic nitrogens is 2. The molecule has 23 heavy (non-hydrogen) atoms. The molecule has 124 valence electrons. The van der Waals surface area contributed by atoms with Crippen LogP contribution in [0.4, 0.5) is 0 Å². The third-order valence-electron chi connectivity index (χ3n) is 6.25. The van der Waals surface area contributed by atoms with E-state index in [-0.39, 0.29) is 5.91 Å². The summed E-state index contributed by atoms with van der Waals surface area (Å²) in [6.07, 6.45) is 7.51. The van der Waals surface area contributed by atoms with E-state index in [1.165, 1.54) is 19.3 Å². The van der Waals surface area contributed by atoms with Crippen LogP contribution in [0.2, 0.25) is 0 Å². The summed E-state index contributed by atoms with van der Waals surface area (Å²) in [5, 5.41) is 4.12. The molecule has 1 N–H and O–H groups in total. The molecule has 3 aliphatic carbocycles. The standard InChI is InChI=1S/C18H25N3OS/c1-9-13(10(2)20-18(19-9)23-3)6-7-14(22)21-17-15-11-4-5-12(8-11)16(15)17/h11-12,15-17H,4-8H2,1-3H3,(H,21,22)/t11-,12-,15+,16+/m0/s1. The van der Waals surface area contributed by atoms with E-state index >= 15 is 0 Å². The molecule has 3 saturated carbocycles. The first kappa shape index (κ1) is 15.4. The molecule has 0 aromatic carbocycles. The maximum atomic E-state index is 12.3. The molecule has 0 unspecified atom stereocenters. The Morgan fingerprint density at radius 3 is 2.35 bits per heavy atom. The molecule has 0 aliphatic heterocycles. The number of hydrogen-bond acceptors (Lipinski definition) is 4. The van der Waals surface area contributed by atoms with Gasteiger partial charge in [-0.05, 0) is 75.0 Å². The Bertz CT molecular complexity index is 608. The van der Waals surface area contributed by atoms with Gasteiger partial charge in [0.25, 0.3) is 0 Å². The fourth-order valence-corrected chi connectivity index (χ4v) is 5.63. The topological polar surface area (TPSA) is 54.9 Å². The second-order valence-electron chi connectivity index (χ2n) is 7.44. The third kappa shape index (κ3) is 2.67. The van der Waals surface area contributed by atoms with Gasteiger partial charge in [-0.1, -0.05) is 11.8 Å². The highest BCUT2D eigenvalue weighted by Gasteiger charge is 2.65. The third-order valence-corrected chi connectivity index (χ3v) is 6.80. The van der Waals surface area contributed by atoms with Crippen molar-refractivity contribution in [1.82, 2.24) is 15.3 Å². The van der Waals surface area contributed by atoms with Crippen molar-refractivity contribution < 1.29 is 4.79 Å². The van der Waals surface area contributed by atoms with Gasteiger partial charge >= 0.3 is 0 Å². The summed E-state index contributed by atoms with van der Waals surface area (Å²) in [5.41, 5.74) is 3.15. The van der Waals surface area contributed by atoms with Crippen molar-refractivity contribution in [2.75, 3.05) is 6.26 Å². The van der Waals surface area contributed by atoms with Crippen LogP contribution in [0.3, 0.4) is 0 Å². The lowest BCUT2D eigenvalue weighted by Gasteiger charge is -2.12. The average Bonchev–Trinajstić information content (AvgIpc) is 2.91. The molecule has 1 aromatic rings. The zero-order valence-corrected chi connectivity index (χ0v) is 14.9. The van der Waals surface area contributed by atoms with Crippen molar-refractivity contribution in [2.24, 2.45) is 23.7 Å². The number of amides is 1. The van der Waals surface area contributed by atoms with E-state index in [9.17, 15) is 4.79 Å². The Kier molecular flexibility index (Phi) is 3.87. The maximum absolute atomic E-state index is 12.3. The van der Waals surface area contributed by atoms with Crippen LogP contribution < -0.4 is 5.32 Å². The van der Waals surface area contributed by atoms with E-state index in [2.05, 4.69) is 15.3 Å². The van der Waals surface area contributed by atoms with Gasteiger partial charge in [0.15, 0.2) is 5.16 Å². The van der Waals surface area contributed by atoms with Crippen molar-refractivity contribution in [3.05, 3.63) is 17.0 Å². The largest absolute Gasteiger partial charge is 0.353 e. The molecule has 5 heteroatoms. The van der Waals surface area contributed by atoms with E-state index in [0.29, 0.717) is 12.5 Å². The molecule has 1 heterocycles. The van der Waals surface area contributed by atoms with Crippen LogP contribution in [-0.2, 0) is 11.2 Å². The monoisotopic (exact) mass is 331 g/mol. The summed E-state index contributed by atoms with van der Waals surface area (Å²) >= 11 is 1.56. The first-order chi connectivity index (χ1) is 11.1. The van der Waals surface area contributed by atoms with Crippen LogP contribution >= 0.6 is 11.8 Å². The van der Waals surface area contributed by atoms with Crippen molar-refractivity contribution in [2.45, 2.75) is 57.1 Å². The molecule has 4 atom stereocenters. The highest BCUT2D eigenvalue weighted by molar-refractivity contribution is 7.98. The lowest BCUT2D eigenvalue weighted by Crippen LogP contribution is -2.30. The van der Waals surface area contributed by atoms with Gasteiger partial charge in [0, 0.05) is 23.9 Å². The number of aryl methyl sites for hydroxylation is 2. The van der Waals surface area contributed by atoms with Crippen LogP contribution in [0.1, 0.15) is 42.6 Å². The molecule has 1 aromatic heterocycles. The summed E-state index contributed by atoms with van der Waals surface area (Å²) in [6, 6.07) is 0.492. The highest BCUT2D eigenvalue weighted by atomic mass is 32.2. The fourth-order valence-electron chi connectivity index (χ4n) is 5.18. The average molecular weight is 331 g/mol. The zero-order valence-electron chi connectivity index (χ0n) is 14.1. The molecule has 4 rings (SSSR count). The predicted molar refractivity (Wildman–Crippen MR) is 91.3 cm³/mol. The summed E-state index contributed by atoms with van der Waals surface area (Å²) in [4.78, 5) is 21.3. The molecular weight excluding hydrogens is 306 g/mol. The number of fused-ring (bicyclic) bond motifs is 5. The SMILES string of the molecule is CSc1nc(C)c(CCC(=O)NC2[C@@H]3[C@H]4CC[C@@H](C4)[C@@H]23)c(C)n1. The van der Waals surface area contributed by atoms with Gasteiger partial charge in [0.2, 0.25) is 5.91 Å². The number of hydrogen-bond donors (Lipinski definition) is 1. The van der Waals surface area contributed by atoms with Gasteiger partial charge in [0.1, 0.15) is 0 Å². The van der Waals surface area contributed by atoms with E-state index in [0.717, 1.165) is 52.2 Å². The Labute approximate surface area is 142 Å². The molecule has 3 fully saturated rings. The Morgan fingerprint density at radius 2 is 1.78 bits per heavy atom. The van der Waals surface area contributed by atoms with Crippen molar-refractivity contribution in [3.8, 4) is 0 Å². The van der Waals surface area contributed by atoms with E-state index < -0.39 is 0 Å². The maximum Gasteiger partial charge on any atom is 0.220 e. The first-order valence-corrected chi connectivity index (χ1v) is 9.98. The van der Waals surface area contributed by atoms with Gasteiger partial charge in [-0.15, -0.1) is 0 Å². The molecular formula is C18H25N3OS. The number of nitrogens with one attached hydrogen (secondary N) is 1. The fraction of sp³-hybridized carbons (Fsp3) is 0.722. The molecule has 3 aliphatic rings. The minimum Gasteiger partial charge on any atom is -0.353 e. The molecule has 0 saturated heterocycles. The quantitative estimate of drug-likeness (QED) is 0.666. The first-order valence-electron chi connectivity index (χ1n) is 8.76. The van der Waals surface area contributed by atoms with E-state index in [4.69, 9.17) is 0 Å². The number of thioether (sulfide) groups is 1. The minimum absolute atomic E-state index is 0.205. The molecule has 0 spiro atoms. The lowest BCUT2D eigenvalue weighted by molar-refractivity contribution is -0.121. The molecule has 2 bridgehead atoms. The normalized spacial score (nSPS) is 33.6. The van der Waals surface area contributed by atoms with Crippen LogP contribution in [-0.4, -0.2) is 28.2 Å². The highest BCUT2D eigenvalue weighted by Crippen LogP contribution is 2.65. The molecule has 0 radical (unpaired) electrons. The summed E-state index contributed by atoms with van der Waals surface area (Å²) < 4.78 is 0. The van der Waals surface area contributed by atoms with Gasteiger partial charge in [0.05, 0.1) is 0 Å². The van der Waals surface area contributed by atoms with E-state index in [1.54, 1.807) is 11.8 Å². The number of carbonyl (C=O) groups is 1. The van der Waals surface area contributed by atoms with Gasteiger partial charge in [-0.3, -0.25) is 4.79 Å². The van der Waals surface area contributed by atoms with Crippen LogP contribution in [0.25, 0.3) is 0 Å². The Balaban J connectivity index is 1.32. The minimum atomic E-state index is 0.205. The van der Waals surface area contributed by atoms with Gasteiger partial charge in [-0.25, -0.2) is 9.97 Å². The zero-order chi connectivity index (χ0) is 16.1. The Hall–Kier alpha value is -1.10. The van der Waals surface area contributed by atoms with Crippen LogP contribution in [0.5, 0.6) is 0 Å². The van der Waals surface area contributed by atoms with Gasteiger partial charge < -0.3 is 5.32 Å². The molecule has 4 nitrogen and oxygen atoms in total. The number of nitrogens with zero attached hydrogens (tertiary/aromatic N) is 2. The second-order valence-corrected chi connectivity index (χ2v) is 8.21. The summed E-state index contributed by atoms with van der Waals surface area (Å²) in [5.74, 6) is 3.65. The second kappa shape index (κ2) is 5.76. The predicted octanol–water partition coefficient (Wildman–Crippen LogP) is 2.91. The van der Waals surface area contributed by atoms with Crippen molar-refractivity contribution in [1.29, 1.82) is 0 Å². The summed E-state index contributed by atoms with van der Waals surface area (Å²) in [7, 11) is 0. The van der Waals surface area contributed by atoms with Crippen molar-refractivity contribution in [3.63, 3.8) is 0 Å². The smallest absolute Gasteiger partial charge is 0.220 e. The number of carbonyl (C=O) groups excluding carboxylic acids is 1. The number of rotatable bonds is 5. The van der Waals surface area contributed by atoms with Crippen molar-refractivity contribution >= 4 is 17.7 Å². The lowest BCUT2D eigenvalue weighted by atomic mass is 10.0.